The molecule has 7 nitrogen and oxygen atoms in total. The molecule has 1 N–H and O–H groups in total. The largest absolute Gasteiger partial charge is 0.471 e. The van der Waals surface area contributed by atoms with Crippen molar-refractivity contribution in [1.82, 2.24) is 19.6 Å². The summed E-state index contributed by atoms with van der Waals surface area (Å²) in [6.45, 7) is 0.596. The van der Waals surface area contributed by atoms with Crippen molar-refractivity contribution in [2.75, 3.05) is 5.32 Å². The van der Waals surface area contributed by atoms with E-state index in [-0.39, 0.29) is 24.1 Å². The monoisotopic (exact) mass is 391 g/mol. The zero-order chi connectivity index (χ0) is 20.1. The second-order valence-electron chi connectivity index (χ2n) is 6.31. The van der Waals surface area contributed by atoms with Crippen molar-refractivity contribution >= 4 is 11.7 Å². The molecule has 0 saturated heterocycles. The molecular weight excluding hydrogens is 373 g/mol. The number of anilines is 1. The van der Waals surface area contributed by atoms with Gasteiger partial charge in [-0.05, 0) is 35.9 Å². The number of carbonyl (C=O) groups is 1. The fraction of sp³-hybridized carbons (Fsp3) is 0.0952. The number of rotatable bonds is 7. The molecule has 0 unspecified atom stereocenters. The number of aromatic nitrogens is 4. The lowest BCUT2D eigenvalue weighted by Crippen LogP contribution is -2.15. The average Bonchev–Trinajstić information content (AvgIpc) is 3.37. The highest BCUT2D eigenvalue weighted by Crippen LogP contribution is 2.11. The molecule has 0 aliphatic carbocycles. The summed E-state index contributed by atoms with van der Waals surface area (Å²) >= 11 is 0. The van der Waals surface area contributed by atoms with E-state index in [2.05, 4.69) is 15.5 Å². The van der Waals surface area contributed by atoms with Gasteiger partial charge in [0.05, 0.1) is 6.54 Å². The highest BCUT2D eigenvalue weighted by molar-refractivity contribution is 6.02. The van der Waals surface area contributed by atoms with Gasteiger partial charge in [0.2, 0.25) is 0 Å². The molecule has 0 fully saturated rings. The molecule has 0 spiro atoms. The Hall–Kier alpha value is -3.94. The Labute approximate surface area is 166 Å². The molecule has 1 amide bonds. The van der Waals surface area contributed by atoms with E-state index < -0.39 is 0 Å². The number of benzene rings is 2. The summed E-state index contributed by atoms with van der Waals surface area (Å²) in [4.78, 5) is 12.4. The zero-order valence-corrected chi connectivity index (χ0v) is 15.4. The summed E-state index contributed by atoms with van der Waals surface area (Å²) in [7, 11) is 0. The van der Waals surface area contributed by atoms with Crippen LogP contribution in [0.1, 0.15) is 16.1 Å². The maximum Gasteiger partial charge on any atom is 0.277 e. The van der Waals surface area contributed by atoms with E-state index in [9.17, 15) is 9.18 Å². The van der Waals surface area contributed by atoms with Crippen LogP contribution in [-0.4, -0.2) is 25.5 Å². The van der Waals surface area contributed by atoms with Gasteiger partial charge in [0, 0.05) is 18.5 Å². The Kier molecular flexibility index (Phi) is 5.33. The van der Waals surface area contributed by atoms with Gasteiger partial charge in [-0.15, -0.1) is 0 Å². The molecule has 0 bridgehead atoms. The van der Waals surface area contributed by atoms with E-state index in [1.54, 1.807) is 35.3 Å². The van der Waals surface area contributed by atoms with Crippen LogP contribution in [0.2, 0.25) is 0 Å². The summed E-state index contributed by atoms with van der Waals surface area (Å²) in [6, 6.07) is 18.9. The Morgan fingerprint density at radius 3 is 2.62 bits per heavy atom. The molecular formula is C21H18FN5O2. The lowest BCUT2D eigenvalue weighted by atomic mass is 10.2. The molecule has 0 aliphatic heterocycles. The Balaban J connectivity index is 1.34. The van der Waals surface area contributed by atoms with E-state index in [4.69, 9.17) is 4.74 Å². The van der Waals surface area contributed by atoms with Crippen molar-refractivity contribution in [3.63, 3.8) is 0 Å². The van der Waals surface area contributed by atoms with E-state index in [0.717, 1.165) is 11.3 Å². The molecule has 2 aromatic heterocycles. The first-order chi connectivity index (χ1) is 14.2. The van der Waals surface area contributed by atoms with Gasteiger partial charge in [0.1, 0.15) is 11.6 Å². The normalized spacial score (nSPS) is 10.7. The van der Waals surface area contributed by atoms with Crippen LogP contribution in [0.4, 0.5) is 10.2 Å². The van der Waals surface area contributed by atoms with Gasteiger partial charge in [-0.25, -0.2) is 9.07 Å². The van der Waals surface area contributed by atoms with Crippen LogP contribution in [0.25, 0.3) is 0 Å². The van der Waals surface area contributed by atoms with Crippen LogP contribution in [0.3, 0.4) is 0 Å². The molecule has 0 aliphatic rings. The van der Waals surface area contributed by atoms with Crippen LogP contribution in [0.15, 0.2) is 79.1 Å². The van der Waals surface area contributed by atoms with E-state index in [1.807, 2.05) is 36.4 Å². The lowest BCUT2D eigenvalue weighted by Gasteiger charge is -2.05. The zero-order valence-electron chi connectivity index (χ0n) is 15.4. The van der Waals surface area contributed by atoms with E-state index in [1.165, 1.54) is 16.8 Å². The van der Waals surface area contributed by atoms with Crippen molar-refractivity contribution in [2.45, 2.75) is 13.3 Å². The summed E-state index contributed by atoms with van der Waals surface area (Å²) < 4.78 is 22.0. The quantitative estimate of drug-likeness (QED) is 0.523. The molecule has 146 valence electrons. The van der Waals surface area contributed by atoms with Gasteiger partial charge in [-0.2, -0.15) is 10.2 Å². The summed E-state index contributed by atoms with van der Waals surface area (Å²) in [6.07, 6.45) is 3.38. The van der Waals surface area contributed by atoms with Gasteiger partial charge >= 0.3 is 0 Å². The highest BCUT2D eigenvalue weighted by Gasteiger charge is 2.12. The number of amides is 1. The molecule has 0 atom stereocenters. The Morgan fingerprint density at radius 1 is 0.966 bits per heavy atom. The molecule has 2 heterocycles. The van der Waals surface area contributed by atoms with Crippen LogP contribution < -0.4 is 10.1 Å². The van der Waals surface area contributed by atoms with E-state index >= 15 is 0 Å². The van der Waals surface area contributed by atoms with Crippen molar-refractivity contribution in [3.8, 4) is 5.75 Å². The predicted molar refractivity (Wildman–Crippen MR) is 105 cm³/mol. The van der Waals surface area contributed by atoms with Gasteiger partial charge in [-0.1, -0.05) is 30.3 Å². The smallest absolute Gasteiger partial charge is 0.277 e. The molecule has 0 radical (unpaired) electrons. The maximum atomic E-state index is 13.3. The first-order valence-corrected chi connectivity index (χ1v) is 8.96. The Morgan fingerprint density at radius 2 is 1.79 bits per heavy atom. The lowest BCUT2D eigenvalue weighted by molar-refractivity contribution is 0.101. The maximum absolute atomic E-state index is 13.3. The fourth-order valence-electron chi connectivity index (χ4n) is 2.73. The second-order valence-corrected chi connectivity index (χ2v) is 6.31. The standard InChI is InChI=1S/C21H18FN5O2/c22-17-6-4-5-16(13-17)14-26-12-10-20(25-26)23-21(28)19-9-11-27(24-19)15-29-18-7-2-1-3-8-18/h1-13H,14-15H2,(H,23,25,28). The topological polar surface area (TPSA) is 74.0 Å². The first kappa shape index (κ1) is 18.4. The van der Waals surface area contributed by atoms with E-state index in [0.29, 0.717) is 12.4 Å². The minimum Gasteiger partial charge on any atom is -0.471 e. The summed E-state index contributed by atoms with van der Waals surface area (Å²) in [5.74, 6) is 0.439. The van der Waals surface area contributed by atoms with Crippen LogP contribution in [-0.2, 0) is 13.3 Å². The summed E-state index contributed by atoms with van der Waals surface area (Å²) in [5, 5.41) is 11.2. The molecule has 29 heavy (non-hydrogen) atoms. The van der Waals surface area contributed by atoms with Gasteiger partial charge in [0.25, 0.3) is 5.91 Å². The molecule has 8 heteroatoms. The first-order valence-electron chi connectivity index (χ1n) is 8.96. The Bertz CT molecular complexity index is 1110. The summed E-state index contributed by atoms with van der Waals surface area (Å²) in [5.41, 5.74) is 1.03. The minimum absolute atomic E-state index is 0.194. The third kappa shape index (κ3) is 4.86. The van der Waals surface area contributed by atoms with Crippen LogP contribution >= 0.6 is 0 Å². The molecule has 4 rings (SSSR count). The molecule has 4 aromatic rings. The van der Waals surface area contributed by atoms with Gasteiger partial charge in [-0.3, -0.25) is 9.48 Å². The number of carbonyl (C=O) groups excluding carboxylic acids is 1. The third-order valence-electron chi connectivity index (χ3n) is 4.10. The molecule has 0 saturated carbocycles. The average molecular weight is 391 g/mol. The predicted octanol–water partition coefficient (Wildman–Crippen LogP) is 3.56. The number of para-hydroxylation sites is 1. The van der Waals surface area contributed by atoms with Crippen molar-refractivity contribution in [2.24, 2.45) is 0 Å². The van der Waals surface area contributed by atoms with Crippen molar-refractivity contribution in [3.05, 3.63) is 96.2 Å². The third-order valence-corrected chi connectivity index (χ3v) is 4.10. The number of nitrogens with one attached hydrogen (secondary N) is 1. The second kappa shape index (κ2) is 8.39. The van der Waals surface area contributed by atoms with Gasteiger partial charge in [0.15, 0.2) is 18.2 Å². The van der Waals surface area contributed by atoms with Gasteiger partial charge < -0.3 is 10.1 Å². The van der Waals surface area contributed by atoms with Crippen molar-refractivity contribution in [1.29, 1.82) is 0 Å². The number of nitrogens with zero attached hydrogens (tertiary/aromatic N) is 4. The SMILES string of the molecule is O=C(Nc1ccn(Cc2cccc(F)c2)n1)c1ccn(COc2ccccc2)n1. The minimum atomic E-state index is -0.375. The highest BCUT2D eigenvalue weighted by atomic mass is 19.1. The molecule has 2 aromatic carbocycles. The number of hydrogen-bond donors (Lipinski definition) is 1. The number of hydrogen-bond acceptors (Lipinski definition) is 4. The van der Waals surface area contributed by atoms with Crippen LogP contribution in [0, 0.1) is 5.82 Å². The van der Waals surface area contributed by atoms with Crippen LogP contribution in [0.5, 0.6) is 5.75 Å². The fourth-order valence-corrected chi connectivity index (χ4v) is 2.73. The van der Waals surface area contributed by atoms with Crippen molar-refractivity contribution < 1.29 is 13.9 Å². The number of halogens is 1. The number of ether oxygens (including phenoxy) is 1.